The van der Waals surface area contributed by atoms with Gasteiger partial charge in [0.1, 0.15) is 11.4 Å². The van der Waals surface area contributed by atoms with E-state index in [1.54, 1.807) is 7.11 Å². The second-order valence-corrected chi connectivity index (χ2v) is 7.12. The lowest BCUT2D eigenvalue weighted by atomic mass is 10.1. The minimum absolute atomic E-state index is 0.539. The van der Waals surface area contributed by atoms with Crippen molar-refractivity contribution in [2.75, 3.05) is 13.7 Å². The highest BCUT2D eigenvalue weighted by Crippen LogP contribution is 2.20. The van der Waals surface area contributed by atoms with Gasteiger partial charge in [-0.2, -0.15) is 0 Å². The number of rotatable bonds is 6. The van der Waals surface area contributed by atoms with Gasteiger partial charge in [-0.05, 0) is 53.5 Å². The summed E-state index contributed by atoms with van der Waals surface area (Å²) in [6, 6.07) is 10.1. The lowest BCUT2D eigenvalue weighted by Crippen LogP contribution is -2.36. The van der Waals surface area contributed by atoms with Crippen LogP contribution < -0.4 is 15.4 Å². The molecule has 2 aromatic heterocycles. The molecule has 2 heterocycles. The number of nitrogens with zero attached hydrogens (tertiary/aromatic N) is 3. The van der Waals surface area contributed by atoms with E-state index in [1.165, 1.54) is 5.56 Å². The fraction of sp³-hybridized carbons (Fsp3) is 0.300. The number of aryl methyl sites for hydroxylation is 1. The van der Waals surface area contributed by atoms with E-state index >= 15 is 0 Å². The van der Waals surface area contributed by atoms with Gasteiger partial charge in [0.15, 0.2) is 5.96 Å². The number of hydrogen-bond acceptors (Lipinski definition) is 3. The highest BCUT2D eigenvalue weighted by molar-refractivity contribution is 9.10. The summed E-state index contributed by atoms with van der Waals surface area (Å²) in [6.45, 7) is 6.02. The number of methoxy groups -OCH3 is 1. The van der Waals surface area contributed by atoms with Gasteiger partial charge in [-0.25, -0.2) is 9.98 Å². The maximum atomic E-state index is 5.46. The van der Waals surface area contributed by atoms with Crippen molar-refractivity contribution >= 4 is 27.5 Å². The molecule has 142 valence electrons. The van der Waals surface area contributed by atoms with E-state index in [9.17, 15) is 0 Å². The second kappa shape index (κ2) is 8.90. The number of fused-ring (bicyclic) bond motifs is 1. The Bertz CT molecular complexity index is 951. The molecule has 0 amide bonds. The second-order valence-electron chi connectivity index (χ2n) is 6.21. The molecule has 7 heteroatoms. The molecule has 0 atom stereocenters. The van der Waals surface area contributed by atoms with Crippen LogP contribution in [0, 0.1) is 6.92 Å². The standard InChI is InChI=1S/C20H24BrN5O/c1-4-22-20(23-10-15-6-5-14(2)9-18(15)27-3)24-11-17-13-26-12-16(21)7-8-19(26)25-17/h5-9,12-13H,4,10-11H2,1-3H3,(H2,22,23,24). The summed E-state index contributed by atoms with van der Waals surface area (Å²) in [6.07, 6.45) is 4.01. The van der Waals surface area contributed by atoms with Crippen molar-refractivity contribution in [3.8, 4) is 5.75 Å². The normalized spacial score (nSPS) is 11.6. The molecule has 1 aromatic carbocycles. The number of aromatic nitrogens is 2. The third kappa shape index (κ3) is 5.01. The van der Waals surface area contributed by atoms with Crippen LogP contribution in [0.3, 0.4) is 0 Å². The number of aliphatic imine (C=N–C) groups is 1. The molecule has 0 aliphatic heterocycles. The highest BCUT2D eigenvalue weighted by Gasteiger charge is 2.06. The molecule has 3 aromatic rings. The number of guanidine groups is 1. The van der Waals surface area contributed by atoms with Crippen LogP contribution >= 0.6 is 15.9 Å². The molecular weight excluding hydrogens is 406 g/mol. The number of benzene rings is 1. The van der Waals surface area contributed by atoms with E-state index in [1.807, 2.05) is 41.9 Å². The van der Waals surface area contributed by atoms with Gasteiger partial charge in [0, 0.05) is 29.0 Å². The van der Waals surface area contributed by atoms with Crippen molar-refractivity contribution in [1.82, 2.24) is 20.0 Å². The van der Waals surface area contributed by atoms with Crippen LogP contribution in [0.15, 0.2) is 52.2 Å². The Morgan fingerprint density at radius 2 is 2.07 bits per heavy atom. The molecule has 0 saturated carbocycles. The zero-order valence-electron chi connectivity index (χ0n) is 15.8. The number of pyridine rings is 1. The lowest BCUT2D eigenvalue weighted by molar-refractivity contribution is 0.409. The Morgan fingerprint density at radius 3 is 2.85 bits per heavy atom. The maximum Gasteiger partial charge on any atom is 0.191 e. The smallest absolute Gasteiger partial charge is 0.191 e. The van der Waals surface area contributed by atoms with Crippen molar-refractivity contribution < 1.29 is 4.74 Å². The van der Waals surface area contributed by atoms with E-state index in [2.05, 4.69) is 55.6 Å². The zero-order chi connectivity index (χ0) is 19.2. The summed E-state index contributed by atoms with van der Waals surface area (Å²) >= 11 is 3.48. The summed E-state index contributed by atoms with van der Waals surface area (Å²) in [5.41, 5.74) is 4.09. The van der Waals surface area contributed by atoms with Crippen molar-refractivity contribution in [3.05, 3.63) is 64.0 Å². The minimum Gasteiger partial charge on any atom is -0.496 e. The van der Waals surface area contributed by atoms with Crippen LogP contribution in [0.2, 0.25) is 0 Å². The van der Waals surface area contributed by atoms with E-state index in [4.69, 9.17) is 4.74 Å². The van der Waals surface area contributed by atoms with Gasteiger partial charge in [-0.1, -0.05) is 12.1 Å². The first-order chi connectivity index (χ1) is 13.1. The number of nitrogens with one attached hydrogen (secondary N) is 2. The Balaban J connectivity index is 1.70. The van der Waals surface area contributed by atoms with Crippen molar-refractivity contribution in [3.63, 3.8) is 0 Å². The van der Waals surface area contributed by atoms with Crippen molar-refractivity contribution in [2.45, 2.75) is 26.9 Å². The lowest BCUT2D eigenvalue weighted by Gasteiger charge is -2.11. The first-order valence-electron chi connectivity index (χ1n) is 8.88. The Kier molecular flexibility index (Phi) is 6.34. The summed E-state index contributed by atoms with van der Waals surface area (Å²) < 4.78 is 8.49. The number of ether oxygens (including phenoxy) is 1. The quantitative estimate of drug-likeness (QED) is 0.463. The summed E-state index contributed by atoms with van der Waals surface area (Å²) in [5.74, 6) is 1.61. The van der Waals surface area contributed by atoms with Crippen molar-refractivity contribution in [2.24, 2.45) is 4.99 Å². The van der Waals surface area contributed by atoms with Gasteiger partial charge in [0.05, 0.1) is 25.9 Å². The van der Waals surface area contributed by atoms with Crippen LogP contribution in [0.25, 0.3) is 5.65 Å². The SMILES string of the molecule is CCNC(=NCc1ccc(C)cc1OC)NCc1cn2cc(Br)ccc2n1. The molecule has 27 heavy (non-hydrogen) atoms. The summed E-state index contributed by atoms with van der Waals surface area (Å²) in [7, 11) is 1.69. The monoisotopic (exact) mass is 429 g/mol. The zero-order valence-corrected chi connectivity index (χ0v) is 17.4. The van der Waals surface area contributed by atoms with Crippen LogP contribution in [-0.4, -0.2) is 29.0 Å². The molecule has 0 unspecified atom stereocenters. The van der Waals surface area contributed by atoms with Crippen LogP contribution in [0.1, 0.15) is 23.7 Å². The summed E-state index contributed by atoms with van der Waals surface area (Å²) in [5, 5.41) is 6.61. The third-order valence-corrected chi connectivity index (χ3v) is 4.57. The predicted molar refractivity (Wildman–Crippen MR) is 112 cm³/mol. The molecule has 0 aliphatic carbocycles. The van der Waals surface area contributed by atoms with Crippen LogP contribution in [-0.2, 0) is 13.1 Å². The number of imidazole rings is 1. The molecular formula is C20H24BrN5O. The molecule has 6 nitrogen and oxygen atoms in total. The molecule has 0 aliphatic rings. The van der Waals surface area contributed by atoms with Crippen LogP contribution in [0.4, 0.5) is 0 Å². The number of halogens is 1. The van der Waals surface area contributed by atoms with E-state index in [-0.39, 0.29) is 0 Å². The number of hydrogen-bond donors (Lipinski definition) is 2. The van der Waals surface area contributed by atoms with Gasteiger partial charge >= 0.3 is 0 Å². The average Bonchev–Trinajstić information content (AvgIpc) is 3.06. The fourth-order valence-electron chi connectivity index (χ4n) is 2.77. The van der Waals surface area contributed by atoms with Gasteiger partial charge < -0.3 is 19.8 Å². The van der Waals surface area contributed by atoms with Gasteiger partial charge in [-0.3, -0.25) is 0 Å². The van der Waals surface area contributed by atoms with E-state index in [0.717, 1.165) is 39.6 Å². The highest BCUT2D eigenvalue weighted by atomic mass is 79.9. The maximum absolute atomic E-state index is 5.46. The molecule has 2 N–H and O–H groups in total. The summed E-state index contributed by atoms with van der Waals surface area (Å²) in [4.78, 5) is 9.30. The Hall–Kier alpha value is -2.54. The Morgan fingerprint density at radius 1 is 1.22 bits per heavy atom. The van der Waals surface area contributed by atoms with E-state index in [0.29, 0.717) is 13.1 Å². The average molecular weight is 430 g/mol. The molecule has 0 spiro atoms. The Labute approximate surface area is 167 Å². The first-order valence-corrected chi connectivity index (χ1v) is 9.67. The molecule has 0 fully saturated rings. The van der Waals surface area contributed by atoms with Crippen molar-refractivity contribution in [1.29, 1.82) is 0 Å². The predicted octanol–water partition coefficient (Wildman–Crippen LogP) is 3.67. The van der Waals surface area contributed by atoms with Gasteiger partial charge in [-0.15, -0.1) is 0 Å². The molecule has 3 rings (SSSR count). The molecule has 0 radical (unpaired) electrons. The molecule has 0 bridgehead atoms. The largest absolute Gasteiger partial charge is 0.496 e. The topological polar surface area (TPSA) is 63.0 Å². The molecule has 0 saturated heterocycles. The fourth-order valence-corrected chi connectivity index (χ4v) is 3.12. The first kappa shape index (κ1) is 19.2. The third-order valence-electron chi connectivity index (χ3n) is 4.10. The van der Waals surface area contributed by atoms with Crippen LogP contribution in [0.5, 0.6) is 5.75 Å². The van der Waals surface area contributed by atoms with Gasteiger partial charge in [0.2, 0.25) is 0 Å². The minimum atomic E-state index is 0.539. The van der Waals surface area contributed by atoms with Gasteiger partial charge in [0.25, 0.3) is 0 Å². The van der Waals surface area contributed by atoms with E-state index < -0.39 is 0 Å².